The molecule has 0 spiro atoms. The van der Waals surface area contributed by atoms with E-state index in [0.717, 1.165) is 37.4 Å². The zero-order valence-electron chi connectivity index (χ0n) is 11.4. The van der Waals surface area contributed by atoms with E-state index in [-0.39, 0.29) is 11.8 Å². The van der Waals surface area contributed by atoms with E-state index in [4.69, 9.17) is 0 Å². The second kappa shape index (κ2) is 6.00. The van der Waals surface area contributed by atoms with Crippen molar-refractivity contribution in [2.45, 2.75) is 19.3 Å². The largest absolute Gasteiger partial charge is 0.355 e. The van der Waals surface area contributed by atoms with Crippen LogP contribution in [0.15, 0.2) is 24.4 Å². The van der Waals surface area contributed by atoms with Gasteiger partial charge in [0.05, 0.1) is 5.92 Å². The van der Waals surface area contributed by atoms with Crippen molar-refractivity contribution in [3.63, 3.8) is 0 Å². The first-order valence-corrected chi connectivity index (χ1v) is 7.11. The van der Waals surface area contributed by atoms with Gasteiger partial charge in [-0.1, -0.05) is 6.07 Å². The molecule has 0 aromatic carbocycles. The lowest BCUT2D eigenvalue weighted by Crippen LogP contribution is -2.41. The summed E-state index contributed by atoms with van der Waals surface area (Å²) in [6.45, 7) is 2.42. The summed E-state index contributed by atoms with van der Waals surface area (Å²) in [7, 11) is 0. The number of pyridine rings is 1. The van der Waals surface area contributed by atoms with E-state index in [0.29, 0.717) is 13.0 Å². The number of aromatic nitrogens is 3. The topological polar surface area (TPSA) is 71.3 Å². The lowest BCUT2D eigenvalue weighted by Gasteiger charge is -2.21. The van der Waals surface area contributed by atoms with Crippen LogP contribution in [0.3, 0.4) is 0 Å². The summed E-state index contributed by atoms with van der Waals surface area (Å²) in [5.41, 5.74) is 0.838. The second-order valence-electron chi connectivity index (χ2n) is 5.13. The number of piperidine rings is 1. The maximum absolute atomic E-state index is 12.0. The van der Waals surface area contributed by atoms with Gasteiger partial charge in [-0.25, -0.2) is 0 Å². The Balaban J connectivity index is 1.53. The molecule has 2 N–H and O–H groups in total. The third-order valence-corrected chi connectivity index (χ3v) is 3.70. The Bertz CT molecular complexity index is 588. The first-order chi connectivity index (χ1) is 9.84. The van der Waals surface area contributed by atoms with Crippen molar-refractivity contribution in [3.05, 3.63) is 30.2 Å². The molecule has 3 rings (SSSR count). The van der Waals surface area contributed by atoms with E-state index in [2.05, 4.69) is 20.8 Å². The highest BCUT2D eigenvalue weighted by molar-refractivity contribution is 5.78. The average molecular weight is 273 g/mol. The molecule has 1 aliphatic heterocycles. The van der Waals surface area contributed by atoms with Crippen LogP contribution in [-0.4, -0.2) is 40.1 Å². The third kappa shape index (κ3) is 2.80. The molecule has 0 aliphatic carbocycles. The number of carbonyl (C=O) groups excluding carboxylic acids is 1. The number of rotatable bonds is 4. The number of hydrogen-bond acceptors (Lipinski definition) is 4. The molecule has 106 valence electrons. The van der Waals surface area contributed by atoms with Gasteiger partial charge in [0.25, 0.3) is 0 Å². The summed E-state index contributed by atoms with van der Waals surface area (Å²) < 4.78 is 1.95. The van der Waals surface area contributed by atoms with Crippen molar-refractivity contribution in [1.82, 2.24) is 25.2 Å². The molecule has 1 saturated heterocycles. The van der Waals surface area contributed by atoms with Gasteiger partial charge in [-0.15, -0.1) is 10.2 Å². The monoisotopic (exact) mass is 273 g/mol. The number of hydrogen-bond donors (Lipinski definition) is 2. The van der Waals surface area contributed by atoms with Gasteiger partial charge in [0, 0.05) is 25.7 Å². The Hall–Kier alpha value is -1.95. The van der Waals surface area contributed by atoms with Gasteiger partial charge in [-0.2, -0.15) is 0 Å². The average Bonchev–Trinajstić information content (AvgIpc) is 2.92. The van der Waals surface area contributed by atoms with Crippen LogP contribution in [-0.2, 0) is 11.2 Å². The van der Waals surface area contributed by atoms with Gasteiger partial charge >= 0.3 is 0 Å². The molecule has 6 heteroatoms. The fourth-order valence-electron chi connectivity index (χ4n) is 2.58. The number of fused-ring (bicyclic) bond motifs is 1. The highest BCUT2D eigenvalue weighted by atomic mass is 16.1. The third-order valence-electron chi connectivity index (χ3n) is 3.70. The highest BCUT2D eigenvalue weighted by Gasteiger charge is 2.20. The molecular formula is C14H19N5O. The summed E-state index contributed by atoms with van der Waals surface area (Å²) in [5.74, 6) is 1.13. The summed E-state index contributed by atoms with van der Waals surface area (Å²) in [4.78, 5) is 12.0. The molecular weight excluding hydrogens is 254 g/mol. The predicted molar refractivity (Wildman–Crippen MR) is 75.3 cm³/mol. The smallest absolute Gasteiger partial charge is 0.224 e. The van der Waals surface area contributed by atoms with Crippen LogP contribution in [0.5, 0.6) is 0 Å². The maximum Gasteiger partial charge on any atom is 0.224 e. The number of nitrogens with one attached hydrogen (secondary N) is 2. The van der Waals surface area contributed by atoms with Crippen LogP contribution in [0.1, 0.15) is 18.7 Å². The van der Waals surface area contributed by atoms with Crippen molar-refractivity contribution >= 4 is 11.6 Å². The summed E-state index contributed by atoms with van der Waals surface area (Å²) in [6, 6.07) is 5.81. The Morgan fingerprint density at radius 1 is 1.45 bits per heavy atom. The maximum atomic E-state index is 12.0. The quantitative estimate of drug-likeness (QED) is 0.845. The normalized spacial score (nSPS) is 19.1. The minimum absolute atomic E-state index is 0.110. The zero-order valence-corrected chi connectivity index (χ0v) is 11.4. The van der Waals surface area contributed by atoms with E-state index in [9.17, 15) is 4.79 Å². The summed E-state index contributed by atoms with van der Waals surface area (Å²) >= 11 is 0. The van der Waals surface area contributed by atoms with Crippen LogP contribution >= 0.6 is 0 Å². The Morgan fingerprint density at radius 2 is 2.40 bits per heavy atom. The van der Waals surface area contributed by atoms with E-state index >= 15 is 0 Å². The molecule has 1 aliphatic rings. The molecule has 0 unspecified atom stereocenters. The van der Waals surface area contributed by atoms with E-state index in [1.807, 2.05) is 28.8 Å². The van der Waals surface area contributed by atoms with Crippen molar-refractivity contribution in [2.75, 3.05) is 19.6 Å². The second-order valence-corrected chi connectivity index (χ2v) is 5.13. The van der Waals surface area contributed by atoms with Gasteiger partial charge in [0.15, 0.2) is 5.65 Å². The van der Waals surface area contributed by atoms with Gasteiger partial charge in [0.2, 0.25) is 5.91 Å². The molecule has 0 radical (unpaired) electrons. The minimum Gasteiger partial charge on any atom is -0.355 e. The van der Waals surface area contributed by atoms with Crippen LogP contribution in [0.25, 0.3) is 5.65 Å². The van der Waals surface area contributed by atoms with E-state index in [1.165, 1.54) is 0 Å². The van der Waals surface area contributed by atoms with Crippen molar-refractivity contribution < 1.29 is 4.79 Å². The van der Waals surface area contributed by atoms with E-state index < -0.39 is 0 Å². The summed E-state index contributed by atoms with van der Waals surface area (Å²) in [6.07, 6.45) is 4.69. The van der Waals surface area contributed by atoms with Crippen LogP contribution in [0.2, 0.25) is 0 Å². The van der Waals surface area contributed by atoms with Crippen molar-refractivity contribution in [2.24, 2.45) is 5.92 Å². The molecule has 1 atom stereocenters. The SMILES string of the molecule is O=C(NCCc1nnc2ccccn12)[C@@H]1CCCNC1. The van der Waals surface area contributed by atoms with Gasteiger partial charge < -0.3 is 10.6 Å². The van der Waals surface area contributed by atoms with E-state index in [1.54, 1.807) is 0 Å². The lowest BCUT2D eigenvalue weighted by atomic mass is 9.99. The highest BCUT2D eigenvalue weighted by Crippen LogP contribution is 2.09. The van der Waals surface area contributed by atoms with Gasteiger partial charge in [0.1, 0.15) is 5.82 Å². The molecule has 0 saturated carbocycles. The molecule has 1 amide bonds. The number of nitrogens with zero attached hydrogens (tertiary/aromatic N) is 3. The van der Waals surface area contributed by atoms with Gasteiger partial charge in [-0.3, -0.25) is 9.20 Å². The van der Waals surface area contributed by atoms with Crippen LogP contribution < -0.4 is 10.6 Å². The van der Waals surface area contributed by atoms with Gasteiger partial charge in [-0.05, 0) is 31.5 Å². The first kappa shape index (κ1) is 13.1. The predicted octanol–water partition coefficient (Wildman–Crippen LogP) is 0.388. The Morgan fingerprint density at radius 3 is 3.25 bits per heavy atom. The number of carbonyl (C=O) groups is 1. The minimum atomic E-state index is 0.110. The van der Waals surface area contributed by atoms with Crippen LogP contribution in [0.4, 0.5) is 0 Å². The first-order valence-electron chi connectivity index (χ1n) is 7.11. The molecule has 2 aromatic heterocycles. The zero-order chi connectivity index (χ0) is 13.8. The Kier molecular flexibility index (Phi) is 3.92. The van der Waals surface area contributed by atoms with Crippen molar-refractivity contribution in [3.8, 4) is 0 Å². The molecule has 3 heterocycles. The molecule has 6 nitrogen and oxygen atoms in total. The Labute approximate surface area is 117 Å². The number of amides is 1. The molecule has 2 aromatic rings. The molecule has 20 heavy (non-hydrogen) atoms. The van der Waals surface area contributed by atoms with Crippen LogP contribution in [0, 0.1) is 5.92 Å². The summed E-state index contributed by atoms with van der Waals surface area (Å²) in [5, 5.41) is 14.5. The fraction of sp³-hybridized carbons (Fsp3) is 0.500. The fourth-order valence-corrected chi connectivity index (χ4v) is 2.58. The molecule has 1 fully saturated rings. The van der Waals surface area contributed by atoms with Crippen molar-refractivity contribution in [1.29, 1.82) is 0 Å². The lowest BCUT2D eigenvalue weighted by molar-refractivity contribution is -0.125. The standard InChI is InChI=1S/C14H19N5O/c20-14(11-4-3-7-15-10-11)16-8-6-13-18-17-12-5-1-2-9-19(12)13/h1-2,5,9,11,15H,3-4,6-8,10H2,(H,16,20)/t11-/m1/s1. The molecule has 0 bridgehead atoms.